The zero-order valence-electron chi connectivity index (χ0n) is 14.9. The van der Waals surface area contributed by atoms with Gasteiger partial charge in [-0.3, -0.25) is 0 Å². The van der Waals surface area contributed by atoms with E-state index in [4.69, 9.17) is 18.9 Å². The molecular formula is C16H33NO5. The lowest BCUT2D eigenvalue weighted by Gasteiger charge is -2.36. The van der Waals surface area contributed by atoms with Crippen LogP contribution in [0.1, 0.15) is 27.7 Å². The molecule has 0 saturated carbocycles. The summed E-state index contributed by atoms with van der Waals surface area (Å²) in [5.41, 5.74) is -1.19. The molecule has 0 fully saturated rings. The molecule has 132 valence electrons. The van der Waals surface area contributed by atoms with E-state index >= 15 is 0 Å². The molecule has 0 rings (SSSR count). The van der Waals surface area contributed by atoms with Gasteiger partial charge in [-0.05, 0) is 13.8 Å². The van der Waals surface area contributed by atoms with E-state index in [-0.39, 0.29) is 11.0 Å². The first kappa shape index (κ1) is 21.5. The Kier molecular flexibility index (Phi) is 10.1. The van der Waals surface area contributed by atoms with Crippen LogP contribution in [0.4, 0.5) is 0 Å². The summed E-state index contributed by atoms with van der Waals surface area (Å²) in [5, 5.41) is 11.4. The SMILES string of the molecule is C=CCOCC(COC)C(C)(C)OCCOC(C)(C)[NH+](C)[O-]. The predicted octanol–water partition coefficient (Wildman–Crippen LogP) is 1.01. The van der Waals surface area contributed by atoms with Gasteiger partial charge in [-0.2, -0.15) is 0 Å². The molecule has 0 radical (unpaired) electrons. The third-order valence-electron chi connectivity index (χ3n) is 3.77. The van der Waals surface area contributed by atoms with E-state index in [9.17, 15) is 5.21 Å². The molecule has 0 bridgehead atoms. The second kappa shape index (κ2) is 10.3. The monoisotopic (exact) mass is 319 g/mol. The molecular weight excluding hydrogens is 286 g/mol. The Morgan fingerprint density at radius 2 is 1.73 bits per heavy atom. The number of nitrogens with one attached hydrogen (secondary N) is 1. The fourth-order valence-electron chi connectivity index (χ4n) is 1.77. The van der Waals surface area contributed by atoms with Crippen LogP contribution >= 0.6 is 0 Å². The third-order valence-corrected chi connectivity index (χ3v) is 3.77. The van der Waals surface area contributed by atoms with E-state index in [1.807, 2.05) is 13.8 Å². The Bertz CT molecular complexity index is 305. The zero-order valence-corrected chi connectivity index (χ0v) is 14.9. The van der Waals surface area contributed by atoms with Crippen molar-refractivity contribution in [1.29, 1.82) is 0 Å². The quantitative estimate of drug-likeness (QED) is 0.238. The van der Waals surface area contributed by atoms with Gasteiger partial charge in [-0.15, -0.1) is 6.58 Å². The fourth-order valence-corrected chi connectivity index (χ4v) is 1.77. The predicted molar refractivity (Wildman–Crippen MR) is 86.7 cm³/mol. The second-order valence-electron chi connectivity index (χ2n) is 6.35. The number of hydrogen-bond donors (Lipinski definition) is 1. The van der Waals surface area contributed by atoms with Crippen LogP contribution in [-0.4, -0.2) is 58.5 Å². The van der Waals surface area contributed by atoms with Crippen molar-refractivity contribution in [2.45, 2.75) is 39.0 Å². The highest BCUT2D eigenvalue weighted by Crippen LogP contribution is 2.22. The number of quaternary nitrogens is 1. The van der Waals surface area contributed by atoms with E-state index in [1.54, 1.807) is 27.0 Å². The molecule has 2 unspecified atom stereocenters. The largest absolute Gasteiger partial charge is 0.632 e. The lowest BCUT2D eigenvalue weighted by atomic mass is 9.92. The Labute approximate surface area is 134 Å². The number of rotatable bonds is 13. The van der Waals surface area contributed by atoms with Crippen LogP contribution in [0.5, 0.6) is 0 Å². The van der Waals surface area contributed by atoms with E-state index in [0.717, 1.165) is 0 Å². The van der Waals surface area contributed by atoms with E-state index in [0.29, 0.717) is 33.0 Å². The Morgan fingerprint density at radius 3 is 2.23 bits per heavy atom. The third kappa shape index (κ3) is 8.22. The number of ether oxygens (including phenoxy) is 4. The number of hydroxylamine groups is 2. The highest BCUT2D eigenvalue weighted by atomic mass is 16.6. The van der Waals surface area contributed by atoms with Gasteiger partial charge in [0.25, 0.3) is 0 Å². The molecule has 0 spiro atoms. The van der Waals surface area contributed by atoms with Gasteiger partial charge in [-0.25, -0.2) is 0 Å². The lowest BCUT2D eigenvalue weighted by Crippen LogP contribution is -3.13. The van der Waals surface area contributed by atoms with Gasteiger partial charge < -0.3 is 29.2 Å². The zero-order chi connectivity index (χ0) is 17.2. The average molecular weight is 319 g/mol. The van der Waals surface area contributed by atoms with Gasteiger partial charge in [0.15, 0.2) is 5.72 Å². The normalized spacial score (nSPS) is 15.6. The summed E-state index contributed by atoms with van der Waals surface area (Å²) in [6.45, 7) is 13.5. The van der Waals surface area contributed by atoms with Crippen molar-refractivity contribution in [3.63, 3.8) is 0 Å². The summed E-state index contributed by atoms with van der Waals surface area (Å²) < 4.78 is 22.3. The number of hydrogen-bond acceptors (Lipinski definition) is 5. The van der Waals surface area contributed by atoms with Crippen LogP contribution < -0.4 is 5.06 Å². The molecule has 6 heteroatoms. The Balaban J connectivity index is 4.29. The van der Waals surface area contributed by atoms with Gasteiger partial charge in [0.2, 0.25) is 0 Å². The lowest BCUT2D eigenvalue weighted by molar-refractivity contribution is -0.911. The Hall–Kier alpha value is -0.500. The summed E-state index contributed by atoms with van der Waals surface area (Å²) in [6.07, 6.45) is 1.72. The van der Waals surface area contributed by atoms with Crippen LogP contribution in [-0.2, 0) is 18.9 Å². The standard InChI is InChI=1S/C16H33NO5/c1-8-9-20-13-14(12-19-7)15(2,3)21-10-11-22-16(4,5)17(6)18/h8,14,17H,1,9-13H2,2-7H3. The molecule has 0 aromatic carbocycles. The van der Waals surface area contributed by atoms with Gasteiger partial charge in [-0.1, -0.05) is 6.08 Å². The highest BCUT2D eigenvalue weighted by Gasteiger charge is 2.31. The van der Waals surface area contributed by atoms with Crippen LogP contribution in [0.15, 0.2) is 12.7 Å². The van der Waals surface area contributed by atoms with Crippen LogP contribution in [0.2, 0.25) is 0 Å². The summed E-state index contributed by atoms with van der Waals surface area (Å²) in [6, 6.07) is 0. The van der Waals surface area contributed by atoms with Crippen molar-refractivity contribution in [2.75, 3.05) is 47.2 Å². The first-order chi connectivity index (χ1) is 10.2. The summed E-state index contributed by atoms with van der Waals surface area (Å²) >= 11 is 0. The molecule has 0 saturated heterocycles. The first-order valence-corrected chi connectivity index (χ1v) is 7.64. The van der Waals surface area contributed by atoms with Crippen molar-refractivity contribution < 1.29 is 24.0 Å². The maximum Gasteiger partial charge on any atom is 0.195 e. The molecule has 0 aliphatic carbocycles. The smallest absolute Gasteiger partial charge is 0.195 e. The molecule has 0 heterocycles. The molecule has 0 aromatic heterocycles. The minimum atomic E-state index is -0.771. The van der Waals surface area contributed by atoms with Gasteiger partial charge in [0.1, 0.15) is 0 Å². The van der Waals surface area contributed by atoms with Crippen molar-refractivity contribution in [3.8, 4) is 0 Å². The molecule has 0 aliphatic rings. The maximum absolute atomic E-state index is 11.4. The summed E-state index contributed by atoms with van der Waals surface area (Å²) in [7, 11) is 3.19. The highest BCUT2D eigenvalue weighted by molar-refractivity contribution is 4.80. The minimum Gasteiger partial charge on any atom is -0.632 e. The van der Waals surface area contributed by atoms with Crippen LogP contribution in [0, 0.1) is 11.1 Å². The van der Waals surface area contributed by atoms with Crippen molar-refractivity contribution in [2.24, 2.45) is 5.92 Å². The van der Waals surface area contributed by atoms with Gasteiger partial charge in [0, 0.05) is 26.9 Å². The van der Waals surface area contributed by atoms with E-state index < -0.39 is 11.3 Å². The minimum absolute atomic E-state index is 0.00171. The molecule has 0 amide bonds. The van der Waals surface area contributed by atoms with E-state index in [2.05, 4.69) is 6.58 Å². The van der Waals surface area contributed by atoms with Crippen molar-refractivity contribution in [3.05, 3.63) is 17.9 Å². The Morgan fingerprint density at radius 1 is 1.14 bits per heavy atom. The van der Waals surface area contributed by atoms with Crippen LogP contribution in [0.3, 0.4) is 0 Å². The fraction of sp³-hybridized carbons (Fsp3) is 0.875. The summed E-state index contributed by atoms with van der Waals surface area (Å²) in [4.78, 5) is 0. The molecule has 0 aliphatic heterocycles. The van der Waals surface area contributed by atoms with Gasteiger partial charge in [0.05, 0.1) is 45.7 Å². The van der Waals surface area contributed by atoms with Crippen molar-refractivity contribution >= 4 is 0 Å². The van der Waals surface area contributed by atoms with Crippen molar-refractivity contribution in [1.82, 2.24) is 0 Å². The molecule has 22 heavy (non-hydrogen) atoms. The topological polar surface area (TPSA) is 64.4 Å². The molecule has 6 nitrogen and oxygen atoms in total. The first-order valence-electron chi connectivity index (χ1n) is 7.64. The van der Waals surface area contributed by atoms with Crippen LogP contribution in [0.25, 0.3) is 0 Å². The van der Waals surface area contributed by atoms with E-state index in [1.165, 1.54) is 7.05 Å². The summed E-state index contributed by atoms with van der Waals surface area (Å²) in [5.74, 6) is 0.0956. The van der Waals surface area contributed by atoms with Gasteiger partial charge >= 0.3 is 0 Å². The molecule has 2 atom stereocenters. The number of methoxy groups -OCH3 is 1. The maximum atomic E-state index is 11.4. The molecule has 0 aromatic rings. The molecule has 1 N–H and O–H groups in total. The second-order valence-corrected chi connectivity index (χ2v) is 6.35. The average Bonchev–Trinajstić information content (AvgIpc) is 2.42.